The second kappa shape index (κ2) is 8.76. The van der Waals surface area contributed by atoms with Gasteiger partial charge in [0.15, 0.2) is 5.82 Å². The first-order chi connectivity index (χ1) is 16.7. The largest absolute Gasteiger partial charge is 0.371 e. The van der Waals surface area contributed by atoms with Gasteiger partial charge in [-0.1, -0.05) is 37.3 Å². The SMILES string of the molecule is CC[C@H](C)NC[C@H]1CCN(c2ccc3c(c2)Cn2cc(-c4ccccc4)cc2-c2nncn2-3)C1. The number of anilines is 1. The van der Waals surface area contributed by atoms with Crippen molar-refractivity contribution in [2.75, 3.05) is 24.5 Å². The second-order valence-corrected chi connectivity index (χ2v) is 9.76. The summed E-state index contributed by atoms with van der Waals surface area (Å²) in [5, 5.41) is 12.4. The first-order valence-corrected chi connectivity index (χ1v) is 12.5. The fourth-order valence-electron chi connectivity index (χ4n) is 5.26. The fraction of sp³-hybridized carbons (Fsp3) is 0.357. The molecule has 2 aliphatic heterocycles. The van der Waals surface area contributed by atoms with Gasteiger partial charge in [0.25, 0.3) is 0 Å². The second-order valence-electron chi connectivity index (χ2n) is 9.76. The normalized spacial score (nSPS) is 17.7. The summed E-state index contributed by atoms with van der Waals surface area (Å²) in [6.07, 6.45) is 6.51. The zero-order chi connectivity index (χ0) is 23.1. The van der Waals surface area contributed by atoms with Gasteiger partial charge in [-0.15, -0.1) is 10.2 Å². The molecule has 6 rings (SSSR count). The van der Waals surface area contributed by atoms with E-state index in [0.29, 0.717) is 12.0 Å². The number of hydrogen-bond donors (Lipinski definition) is 1. The molecule has 0 radical (unpaired) electrons. The Labute approximate surface area is 201 Å². The molecular weight excluding hydrogens is 420 g/mol. The zero-order valence-electron chi connectivity index (χ0n) is 20.0. The van der Waals surface area contributed by atoms with E-state index in [1.807, 2.05) is 6.33 Å². The van der Waals surface area contributed by atoms with E-state index in [4.69, 9.17) is 0 Å². The summed E-state index contributed by atoms with van der Waals surface area (Å²) in [7, 11) is 0. The van der Waals surface area contributed by atoms with Gasteiger partial charge in [0.05, 0.1) is 11.4 Å². The molecule has 0 saturated carbocycles. The van der Waals surface area contributed by atoms with Gasteiger partial charge in [0, 0.05) is 43.1 Å². The zero-order valence-corrected chi connectivity index (χ0v) is 20.0. The van der Waals surface area contributed by atoms with E-state index in [1.165, 1.54) is 40.9 Å². The molecule has 2 aliphatic rings. The molecule has 1 N–H and O–H groups in total. The van der Waals surface area contributed by atoms with Crippen molar-refractivity contribution in [2.24, 2.45) is 5.92 Å². The molecule has 2 aromatic carbocycles. The molecule has 0 spiro atoms. The number of benzene rings is 2. The Kier molecular flexibility index (Phi) is 5.46. The molecule has 34 heavy (non-hydrogen) atoms. The number of nitrogens with zero attached hydrogens (tertiary/aromatic N) is 5. The van der Waals surface area contributed by atoms with Crippen LogP contribution >= 0.6 is 0 Å². The Bertz CT molecular complexity index is 1290. The van der Waals surface area contributed by atoms with Crippen molar-refractivity contribution in [2.45, 2.75) is 39.3 Å². The number of fused-ring (bicyclic) bond motifs is 5. The summed E-state index contributed by atoms with van der Waals surface area (Å²) >= 11 is 0. The molecule has 0 amide bonds. The molecule has 4 aromatic rings. The number of nitrogens with one attached hydrogen (secondary N) is 1. The van der Waals surface area contributed by atoms with Crippen LogP contribution < -0.4 is 10.2 Å². The lowest BCUT2D eigenvalue weighted by Crippen LogP contribution is -2.32. The van der Waals surface area contributed by atoms with E-state index in [1.54, 1.807) is 0 Å². The van der Waals surface area contributed by atoms with Crippen molar-refractivity contribution in [1.29, 1.82) is 0 Å². The van der Waals surface area contributed by atoms with Gasteiger partial charge in [-0.2, -0.15) is 0 Å². The predicted octanol–water partition coefficient (Wildman–Crippen LogP) is 4.98. The standard InChI is InChI=1S/C28H32N6/c1-3-20(2)29-15-21-11-12-32(16-21)25-9-10-26-24(13-25)18-33-17-23(22-7-5-4-6-8-22)14-27(33)28-31-30-19-34(26)28/h4-10,13-14,17,19-21,29H,3,11-12,15-16,18H2,1-2H3/t20-,21+/m0/s1. The Hall–Kier alpha value is -3.38. The molecule has 6 nitrogen and oxygen atoms in total. The van der Waals surface area contributed by atoms with Crippen LogP contribution in [0.15, 0.2) is 67.1 Å². The maximum Gasteiger partial charge on any atom is 0.185 e. The van der Waals surface area contributed by atoms with Crippen LogP contribution in [0.5, 0.6) is 0 Å². The molecule has 2 aromatic heterocycles. The third kappa shape index (κ3) is 3.82. The highest BCUT2D eigenvalue weighted by molar-refractivity contribution is 5.72. The Morgan fingerprint density at radius 1 is 1.09 bits per heavy atom. The fourth-order valence-corrected chi connectivity index (χ4v) is 5.26. The Balaban J connectivity index is 1.30. The molecule has 2 atom stereocenters. The molecule has 174 valence electrons. The minimum atomic E-state index is 0.594. The molecule has 0 bridgehead atoms. The van der Waals surface area contributed by atoms with Crippen molar-refractivity contribution in [3.63, 3.8) is 0 Å². The summed E-state index contributed by atoms with van der Waals surface area (Å²) in [6.45, 7) is 8.69. The quantitative estimate of drug-likeness (QED) is 0.395. The number of rotatable bonds is 6. The minimum absolute atomic E-state index is 0.594. The lowest BCUT2D eigenvalue weighted by atomic mass is 10.1. The van der Waals surface area contributed by atoms with Crippen LogP contribution in [-0.2, 0) is 6.54 Å². The van der Waals surface area contributed by atoms with Gasteiger partial charge >= 0.3 is 0 Å². The summed E-state index contributed by atoms with van der Waals surface area (Å²) in [4.78, 5) is 2.55. The van der Waals surface area contributed by atoms with Crippen LogP contribution in [0.4, 0.5) is 5.69 Å². The van der Waals surface area contributed by atoms with Crippen molar-refractivity contribution >= 4 is 5.69 Å². The van der Waals surface area contributed by atoms with Crippen molar-refractivity contribution in [1.82, 2.24) is 24.6 Å². The maximum absolute atomic E-state index is 4.49. The summed E-state index contributed by atoms with van der Waals surface area (Å²) in [6, 6.07) is 20.3. The van der Waals surface area contributed by atoms with Gasteiger partial charge in [-0.3, -0.25) is 4.57 Å². The van der Waals surface area contributed by atoms with E-state index in [9.17, 15) is 0 Å². The highest BCUT2D eigenvalue weighted by Gasteiger charge is 2.26. The average molecular weight is 453 g/mol. The summed E-state index contributed by atoms with van der Waals surface area (Å²) in [5.41, 5.74) is 7.32. The monoisotopic (exact) mass is 452 g/mol. The van der Waals surface area contributed by atoms with Crippen LogP contribution in [0.1, 0.15) is 32.3 Å². The van der Waals surface area contributed by atoms with Crippen LogP contribution in [0.3, 0.4) is 0 Å². The maximum atomic E-state index is 4.49. The van der Waals surface area contributed by atoms with Crippen molar-refractivity contribution in [3.05, 3.63) is 72.7 Å². The average Bonchev–Trinajstić information content (AvgIpc) is 3.62. The minimum Gasteiger partial charge on any atom is -0.371 e. The van der Waals surface area contributed by atoms with Crippen molar-refractivity contribution in [3.8, 4) is 28.3 Å². The van der Waals surface area contributed by atoms with E-state index in [-0.39, 0.29) is 0 Å². The lowest BCUT2D eigenvalue weighted by Gasteiger charge is -2.21. The third-order valence-electron chi connectivity index (χ3n) is 7.46. The van der Waals surface area contributed by atoms with Crippen LogP contribution in [0, 0.1) is 5.92 Å². The molecule has 4 heterocycles. The first kappa shape index (κ1) is 21.2. The van der Waals surface area contributed by atoms with Crippen LogP contribution in [0.25, 0.3) is 28.3 Å². The Morgan fingerprint density at radius 3 is 2.82 bits per heavy atom. The van der Waals surface area contributed by atoms with Crippen LogP contribution in [-0.4, -0.2) is 45.0 Å². The topological polar surface area (TPSA) is 50.9 Å². The van der Waals surface area contributed by atoms with Crippen LogP contribution in [0.2, 0.25) is 0 Å². The van der Waals surface area contributed by atoms with Crippen molar-refractivity contribution < 1.29 is 0 Å². The Morgan fingerprint density at radius 2 is 1.97 bits per heavy atom. The van der Waals surface area contributed by atoms with Gasteiger partial charge in [-0.25, -0.2) is 0 Å². The highest BCUT2D eigenvalue weighted by Crippen LogP contribution is 2.35. The molecule has 0 unspecified atom stereocenters. The van der Waals surface area contributed by atoms with E-state index < -0.39 is 0 Å². The van der Waals surface area contributed by atoms with E-state index >= 15 is 0 Å². The smallest absolute Gasteiger partial charge is 0.185 e. The highest BCUT2D eigenvalue weighted by atomic mass is 15.3. The summed E-state index contributed by atoms with van der Waals surface area (Å²) < 4.78 is 4.46. The summed E-state index contributed by atoms with van der Waals surface area (Å²) in [5.74, 6) is 1.60. The predicted molar refractivity (Wildman–Crippen MR) is 137 cm³/mol. The number of aromatic nitrogens is 4. The molecular formula is C28H32N6. The van der Waals surface area contributed by atoms with Gasteiger partial charge < -0.3 is 14.8 Å². The molecule has 0 aliphatic carbocycles. The lowest BCUT2D eigenvalue weighted by molar-refractivity contribution is 0.456. The molecule has 1 fully saturated rings. The molecule has 6 heteroatoms. The van der Waals surface area contributed by atoms with E-state index in [2.05, 4.69) is 104 Å². The number of hydrogen-bond acceptors (Lipinski definition) is 4. The van der Waals surface area contributed by atoms with Gasteiger partial charge in [0.2, 0.25) is 0 Å². The first-order valence-electron chi connectivity index (χ1n) is 12.5. The van der Waals surface area contributed by atoms with Gasteiger partial charge in [0.1, 0.15) is 6.33 Å². The molecule has 1 saturated heterocycles. The van der Waals surface area contributed by atoms with E-state index in [0.717, 1.165) is 37.7 Å². The van der Waals surface area contributed by atoms with Gasteiger partial charge in [-0.05, 0) is 67.6 Å². The third-order valence-corrected chi connectivity index (χ3v) is 7.46.